The lowest BCUT2D eigenvalue weighted by molar-refractivity contribution is 0.0508. The fourth-order valence-corrected chi connectivity index (χ4v) is 7.58. The fourth-order valence-electron chi connectivity index (χ4n) is 6.59. The minimum Gasteiger partial charge on any atom is -0.475 e. The number of nitrogens with one attached hydrogen (secondary N) is 1. The van der Waals surface area contributed by atoms with Crippen LogP contribution in [0.5, 0.6) is 5.88 Å². The zero-order chi connectivity index (χ0) is 34.9. The van der Waals surface area contributed by atoms with Gasteiger partial charge in [0, 0.05) is 42.0 Å². The highest BCUT2D eigenvalue weighted by molar-refractivity contribution is 7.92. The molecular formula is C37H44N6O5S. The Morgan fingerprint density at radius 1 is 0.959 bits per heavy atom. The minimum absolute atomic E-state index is 0.0780. The van der Waals surface area contributed by atoms with Gasteiger partial charge in [-0.3, -0.25) is 14.8 Å². The smallest absolute Gasteiger partial charge is 0.264 e. The Balaban J connectivity index is 1.46. The first-order valence-corrected chi connectivity index (χ1v) is 18.2. The molecule has 4 heterocycles. The van der Waals surface area contributed by atoms with Gasteiger partial charge in [-0.1, -0.05) is 45.0 Å². The topological polar surface area (TPSA) is 136 Å². The maximum Gasteiger partial charge on any atom is 0.264 e. The van der Waals surface area contributed by atoms with Gasteiger partial charge in [-0.25, -0.2) is 18.1 Å². The predicted molar refractivity (Wildman–Crippen MR) is 187 cm³/mol. The zero-order valence-corrected chi connectivity index (χ0v) is 29.8. The fraction of sp³-hybridized carbons (Fsp3) is 0.432. The molecule has 12 heteroatoms. The van der Waals surface area contributed by atoms with Gasteiger partial charge in [0.15, 0.2) is 0 Å². The standard InChI is InChI=1S/C37H44N6O5S/c1-23-9-7-10-24(2)32(23)33-25(3)34-41-36(40-33)42-49(45,46)30-12-8-11-27(17-30)35(44)43(29(22-48-34)18-37(4,5)6)21-28-19-39-31(20-38-28)26-13-15-47-16-14-26/h7-12,17,19-20,26,29H,13-16,18,21-22H2,1-6H3,(H,40,41,42)/t29-/m1/s1. The molecule has 258 valence electrons. The molecule has 49 heavy (non-hydrogen) atoms. The van der Waals surface area contributed by atoms with Crippen LogP contribution in [0, 0.1) is 26.2 Å². The molecule has 6 rings (SSSR count). The summed E-state index contributed by atoms with van der Waals surface area (Å²) in [6.07, 6.45) is 5.91. The lowest BCUT2D eigenvalue weighted by Gasteiger charge is -2.35. The van der Waals surface area contributed by atoms with Gasteiger partial charge >= 0.3 is 0 Å². The van der Waals surface area contributed by atoms with E-state index in [1.165, 1.54) is 12.1 Å². The molecular weight excluding hydrogens is 641 g/mol. The second-order valence-electron chi connectivity index (χ2n) is 14.2. The lowest BCUT2D eigenvalue weighted by Crippen LogP contribution is -2.45. The van der Waals surface area contributed by atoms with Crippen LogP contribution in [0.1, 0.15) is 84.4 Å². The van der Waals surface area contributed by atoms with Crippen LogP contribution >= 0.6 is 0 Å². The van der Waals surface area contributed by atoms with E-state index >= 15 is 0 Å². The molecule has 1 fully saturated rings. The predicted octanol–water partition coefficient (Wildman–Crippen LogP) is 6.39. The second kappa shape index (κ2) is 13.8. The molecule has 0 saturated carbocycles. The lowest BCUT2D eigenvalue weighted by atomic mass is 9.87. The van der Waals surface area contributed by atoms with Crippen LogP contribution in [0.15, 0.2) is 59.8 Å². The number of fused-ring (bicyclic) bond motifs is 4. The number of hydrogen-bond donors (Lipinski definition) is 1. The van der Waals surface area contributed by atoms with Crippen molar-refractivity contribution in [2.24, 2.45) is 5.41 Å². The number of sulfonamides is 1. The summed E-state index contributed by atoms with van der Waals surface area (Å²) in [6.45, 7) is 13.9. The number of carbonyl (C=O) groups is 1. The quantitative estimate of drug-likeness (QED) is 0.254. The second-order valence-corrected chi connectivity index (χ2v) is 15.9. The molecule has 11 nitrogen and oxygen atoms in total. The Hall–Kier alpha value is -4.42. The first-order chi connectivity index (χ1) is 23.3. The Labute approximate surface area is 288 Å². The van der Waals surface area contributed by atoms with Gasteiger partial charge in [-0.15, -0.1) is 0 Å². The third kappa shape index (κ3) is 7.75. The van der Waals surface area contributed by atoms with Crippen molar-refractivity contribution in [2.75, 3.05) is 24.5 Å². The van der Waals surface area contributed by atoms with Crippen molar-refractivity contribution in [3.63, 3.8) is 0 Å². The molecule has 1 saturated heterocycles. The van der Waals surface area contributed by atoms with Crippen LogP contribution < -0.4 is 9.46 Å². The molecule has 0 unspecified atom stereocenters. The van der Waals surface area contributed by atoms with Gasteiger partial charge in [-0.2, -0.15) is 4.98 Å². The molecule has 2 aromatic heterocycles. The maximum atomic E-state index is 14.5. The molecule has 2 aliphatic rings. The number of anilines is 1. The number of rotatable bonds is 5. The van der Waals surface area contributed by atoms with E-state index < -0.39 is 16.1 Å². The average Bonchev–Trinajstić information content (AvgIpc) is 3.07. The van der Waals surface area contributed by atoms with Crippen LogP contribution in [0.4, 0.5) is 5.95 Å². The number of hydrogen-bond acceptors (Lipinski definition) is 9. The van der Waals surface area contributed by atoms with Crippen LogP contribution in [0.25, 0.3) is 11.3 Å². The summed E-state index contributed by atoms with van der Waals surface area (Å²) in [5.74, 6) is 0.0777. The van der Waals surface area contributed by atoms with Gasteiger partial charge in [0.25, 0.3) is 15.9 Å². The molecule has 4 bridgehead atoms. The van der Waals surface area contributed by atoms with Gasteiger partial charge in [0.2, 0.25) is 11.8 Å². The third-order valence-electron chi connectivity index (χ3n) is 9.10. The van der Waals surface area contributed by atoms with Crippen molar-refractivity contribution in [3.05, 3.63) is 88.5 Å². The van der Waals surface area contributed by atoms with Crippen LogP contribution in [0.2, 0.25) is 0 Å². The number of amides is 1. The van der Waals surface area contributed by atoms with E-state index in [0.717, 1.165) is 35.2 Å². The summed E-state index contributed by atoms with van der Waals surface area (Å²) >= 11 is 0. The van der Waals surface area contributed by atoms with Crippen molar-refractivity contribution in [1.29, 1.82) is 0 Å². The van der Waals surface area contributed by atoms with Crippen molar-refractivity contribution in [3.8, 4) is 17.1 Å². The number of aryl methyl sites for hydroxylation is 2. The molecule has 0 spiro atoms. The monoisotopic (exact) mass is 684 g/mol. The van der Waals surface area contributed by atoms with Crippen LogP contribution in [0.3, 0.4) is 0 Å². The molecule has 2 aromatic carbocycles. The van der Waals surface area contributed by atoms with Crippen LogP contribution in [-0.4, -0.2) is 65.0 Å². The van der Waals surface area contributed by atoms with Gasteiger partial charge in [0.05, 0.1) is 40.8 Å². The number of carbonyl (C=O) groups excluding carboxylic acids is 1. The van der Waals surface area contributed by atoms with Gasteiger partial charge in [-0.05, 0) is 74.8 Å². The van der Waals surface area contributed by atoms with Gasteiger partial charge in [0.1, 0.15) is 6.61 Å². The highest BCUT2D eigenvalue weighted by Gasteiger charge is 2.32. The van der Waals surface area contributed by atoms with E-state index in [-0.39, 0.29) is 52.7 Å². The Bertz CT molecular complexity index is 1930. The molecule has 0 radical (unpaired) electrons. The van der Waals surface area contributed by atoms with Crippen LogP contribution in [-0.2, 0) is 21.3 Å². The summed E-state index contributed by atoms with van der Waals surface area (Å²) in [6, 6.07) is 11.6. The maximum absolute atomic E-state index is 14.5. The number of benzene rings is 2. The van der Waals surface area contributed by atoms with Crippen molar-refractivity contribution < 1.29 is 22.7 Å². The number of nitrogens with zero attached hydrogens (tertiary/aromatic N) is 5. The largest absolute Gasteiger partial charge is 0.475 e. The summed E-state index contributed by atoms with van der Waals surface area (Å²) < 4.78 is 42.1. The molecule has 1 amide bonds. The van der Waals surface area contributed by atoms with Crippen molar-refractivity contribution in [2.45, 2.75) is 84.2 Å². The first kappa shape index (κ1) is 34.4. The van der Waals surface area contributed by atoms with Crippen molar-refractivity contribution in [1.82, 2.24) is 24.8 Å². The summed E-state index contributed by atoms with van der Waals surface area (Å²) in [5.41, 5.74) is 5.66. The molecule has 1 atom stereocenters. The molecule has 2 aliphatic heterocycles. The van der Waals surface area contributed by atoms with Gasteiger partial charge < -0.3 is 14.4 Å². The van der Waals surface area contributed by atoms with Crippen molar-refractivity contribution >= 4 is 21.9 Å². The first-order valence-electron chi connectivity index (χ1n) is 16.7. The van der Waals surface area contributed by atoms with E-state index in [9.17, 15) is 13.2 Å². The van der Waals surface area contributed by atoms with E-state index in [4.69, 9.17) is 24.4 Å². The highest BCUT2D eigenvalue weighted by atomic mass is 32.2. The summed E-state index contributed by atoms with van der Waals surface area (Å²) in [7, 11) is -4.18. The summed E-state index contributed by atoms with van der Waals surface area (Å²) in [5, 5.41) is 0. The Morgan fingerprint density at radius 3 is 2.35 bits per heavy atom. The summed E-state index contributed by atoms with van der Waals surface area (Å²) in [4.78, 5) is 34.9. The SMILES string of the molecule is Cc1cccc(C)c1-c1nc2nc(c1C)OC[C@@H](CC(C)(C)C)N(Cc1cnc(C3CCOCC3)cn1)C(=O)c1cccc(c1)S(=O)(=O)N2. The zero-order valence-electron chi connectivity index (χ0n) is 29.0. The highest BCUT2D eigenvalue weighted by Crippen LogP contribution is 2.35. The number of aromatic nitrogens is 4. The molecule has 4 aromatic rings. The van der Waals surface area contributed by atoms with E-state index in [1.807, 2.05) is 39.0 Å². The Morgan fingerprint density at radius 2 is 1.67 bits per heavy atom. The molecule has 1 N–H and O–H groups in total. The average molecular weight is 685 g/mol. The normalized spacial score (nSPS) is 18.4. The number of ether oxygens (including phenoxy) is 2. The van der Waals surface area contributed by atoms with E-state index in [1.54, 1.807) is 29.4 Å². The van der Waals surface area contributed by atoms with E-state index in [2.05, 4.69) is 30.5 Å². The Kier molecular flexibility index (Phi) is 9.72. The third-order valence-corrected chi connectivity index (χ3v) is 10.4. The van der Waals surface area contributed by atoms with E-state index in [0.29, 0.717) is 36.6 Å². The molecule has 0 aliphatic carbocycles. The minimum atomic E-state index is -4.18.